The fourth-order valence-corrected chi connectivity index (χ4v) is 5.89. The van der Waals surface area contributed by atoms with E-state index in [1.54, 1.807) is 0 Å². The van der Waals surface area contributed by atoms with Crippen molar-refractivity contribution in [3.63, 3.8) is 0 Å². The average Bonchev–Trinajstić information content (AvgIpc) is 2.77. The van der Waals surface area contributed by atoms with Gasteiger partial charge in [0.2, 0.25) is 0 Å². The van der Waals surface area contributed by atoms with Crippen molar-refractivity contribution in [1.29, 1.82) is 0 Å². The second kappa shape index (κ2) is 15.0. The van der Waals surface area contributed by atoms with Gasteiger partial charge in [0.25, 0.3) is 0 Å². The lowest BCUT2D eigenvalue weighted by Crippen LogP contribution is -2.45. The first-order valence-corrected chi connectivity index (χ1v) is 19.8. The number of hydrogen-bond donors (Lipinski definition) is 1. The van der Waals surface area contributed by atoms with Gasteiger partial charge in [-0.1, -0.05) is 78.8 Å². The molecule has 0 aliphatic rings. The first-order chi connectivity index (χ1) is 17.0. The Kier molecular flexibility index (Phi) is 13.8. The molecule has 37 heavy (non-hydrogen) atoms. The van der Waals surface area contributed by atoms with Crippen LogP contribution in [0.15, 0.2) is 30.3 Å². The number of rotatable bonds is 14. The molecule has 0 amide bonds. The van der Waals surface area contributed by atoms with Crippen molar-refractivity contribution in [1.82, 2.24) is 0 Å². The van der Waals surface area contributed by atoms with Crippen molar-refractivity contribution in [2.75, 3.05) is 13.2 Å². The molecule has 3 atom stereocenters. The molecule has 1 aromatic carbocycles. The summed E-state index contributed by atoms with van der Waals surface area (Å²) < 4.78 is 19.0. The lowest BCUT2D eigenvalue weighted by atomic mass is 9.97. The molecule has 0 spiro atoms. The summed E-state index contributed by atoms with van der Waals surface area (Å²) in [6.07, 6.45) is 2.77. The fraction of sp³-hybridized carbons (Fsp3) is 0.742. The minimum atomic E-state index is -1.90. The van der Waals surface area contributed by atoms with Crippen molar-refractivity contribution in [3.8, 4) is 11.8 Å². The molecule has 0 aromatic heterocycles. The molecular formula is C31H56O4Si2. The van der Waals surface area contributed by atoms with Gasteiger partial charge in [-0.3, -0.25) is 0 Å². The molecule has 0 radical (unpaired) electrons. The lowest BCUT2D eigenvalue weighted by Gasteiger charge is -2.41. The Morgan fingerprint density at radius 3 is 2.00 bits per heavy atom. The van der Waals surface area contributed by atoms with E-state index in [0.29, 0.717) is 25.6 Å². The van der Waals surface area contributed by atoms with Crippen LogP contribution < -0.4 is 0 Å². The van der Waals surface area contributed by atoms with Gasteiger partial charge in [0.1, 0.15) is 0 Å². The predicted octanol–water partition coefficient (Wildman–Crippen LogP) is 8.18. The molecule has 1 N–H and O–H groups in total. The Hall–Kier alpha value is -0.946. The monoisotopic (exact) mass is 548 g/mol. The smallest absolute Gasteiger partial charge is 0.192 e. The minimum absolute atomic E-state index is 0.164. The van der Waals surface area contributed by atoms with E-state index >= 15 is 0 Å². The van der Waals surface area contributed by atoms with E-state index in [4.69, 9.17) is 13.6 Å². The highest BCUT2D eigenvalue weighted by molar-refractivity contribution is 6.74. The van der Waals surface area contributed by atoms with Gasteiger partial charge < -0.3 is 18.7 Å². The van der Waals surface area contributed by atoms with E-state index in [1.165, 1.54) is 0 Å². The summed E-state index contributed by atoms with van der Waals surface area (Å²) in [5.41, 5.74) is 1.11. The molecule has 1 aromatic rings. The van der Waals surface area contributed by atoms with Crippen LogP contribution in [0.4, 0.5) is 0 Å². The summed E-state index contributed by atoms with van der Waals surface area (Å²) >= 11 is 0. The lowest BCUT2D eigenvalue weighted by molar-refractivity contribution is 0.0311. The molecule has 0 saturated carbocycles. The van der Waals surface area contributed by atoms with Crippen molar-refractivity contribution < 1.29 is 18.7 Å². The molecule has 0 bridgehead atoms. The van der Waals surface area contributed by atoms with Gasteiger partial charge in [-0.05, 0) is 60.6 Å². The second-order valence-electron chi connectivity index (χ2n) is 13.6. The van der Waals surface area contributed by atoms with Crippen LogP contribution >= 0.6 is 0 Å². The van der Waals surface area contributed by atoms with Crippen molar-refractivity contribution >= 4 is 16.6 Å². The van der Waals surface area contributed by atoms with E-state index in [-0.39, 0.29) is 16.2 Å². The van der Waals surface area contributed by atoms with E-state index in [2.05, 4.69) is 86.5 Å². The summed E-state index contributed by atoms with van der Waals surface area (Å²) in [6, 6.07) is 10.0. The maximum Gasteiger partial charge on any atom is 0.192 e. The van der Waals surface area contributed by atoms with Crippen LogP contribution in [-0.4, -0.2) is 47.2 Å². The zero-order chi connectivity index (χ0) is 28.3. The third-order valence-electron chi connectivity index (χ3n) is 8.10. The molecular weight excluding hydrogens is 493 g/mol. The SMILES string of the molecule is C[C@H](CC#CC[C@@H](O)COCc1ccccc1)[C@H](CCCO[Si](C)(C)C(C)(C)C)O[Si](C)(C)C(C)(C)C. The molecule has 0 aliphatic carbocycles. The molecule has 0 fully saturated rings. The Morgan fingerprint density at radius 2 is 1.43 bits per heavy atom. The molecule has 1 rings (SSSR count). The first-order valence-electron chi connectivity index (χ1n) is 14.0. The minimum Gasteiger partial charge on any atom is -0.417 e. The summed E-state index contributed by atoms with van der Waals surface area (Å²) in [5, 5.41) is 10.6. The largest absolute Gasteiger partial charge is 0.417 e. The van der Waals surface area contributed by atoms with Gasteiger partial charge in [-0.15, -0.1) is 11.8 Å². The fourth-order valence-electron chi connectivity index (χ4n) is 3.34. The predicted molar refractivity (Wildman–Crippen MR) is 163 cm³/mol. The molecule has 0 aliphatic heterocycles. The van der Waals surface area contributed by atoms with Gasteiger partial charge in [0.15, 0.2) is 16.6 Å². The van der Waals surface area contributed by atoms with Crippen LogP contribution in [0.5, 0.6) is 0 Å². The highest BCUT2D eigenvalue weighted by Gasteiger charge is 2.40. The Labute approximate surface area is 231 Å². The number of benzene rings is 1. The third-order valence-corrected chi connectivity index (χ3v) is 17.1. The van der Waals surface area contributed by atoms with Crippen molar-refractivity contribution in [2.45, 2.75) is 129 Å². The average molecular weight is 549 g/mol. The van der Waals surface area contributed by atoms with Crippen LogP contribution in [-0.2, 0) is 20.2 Å². The molecule has 0 saturated heterocycles. The molecule has 4 nitrogen and oxygen atoms in total. The van der Waals surface area contributed by atoms with Gasteiger partial charge >= 0.3 is 0 Å². The van der Waals surface area contributed by atoms with Crippen LogP contribution in [0, 0.1) is 17.8 Å². The highest BCUT2D eigenvalue weighted by atomic mass is 28.4. The third kappa shape index (κ3) is 12.6. The number of aliphatic hydroxyl groups is 1. The van der Waals surface area contributed by atoms with E-state index in [1.807, 2.05) is 30.3 Å². The van der Waals surface area contributed by atoms with Gasteiger partial charge in [-0.25, -0.2) is 0 Å². The van der Waals surface area contributed by atoms with Crippen LogP contribution in [0.3, 0.4) is 0 Å². The first kappa shape index (κ1) is 34.1. The quantitative estimate of drug-likeness (QED) is 0.145. The number of hydrogen-bond acceptors (Lipinski definition) is 4. The normalized spacial score (nSPS) is 15.6. The Morgan fingerprint density at radius 1 is 0.865 bits per heavy atom. The Balaban J connectivity index is 2.62. The zero-order valence-corrected chi connectivity index (χ0v) is 27.7. The maximum atomic E-state index is 10.3. The van der Waals surface area contributed by atoms with Crippen molar-refractivity contribution in [3.05, 3.63) is 35.9 Å². The van der Waals surface area contributed by atoms with Gasteiger partial charge in [0, 0.05) is 25.6 Å². The Bertz CT molecular complexity index is 829. The second-order valence-corrected chi connectivity index (χ2v) is 23.1. The van der Waals surface area contributed by atoms with Crippen LogP contribution in [0.25, 0.3) is 0 Å². The summed E-state index contributed by atoms with van der Waals surface area (Å²) in [4.78, 5) is 0. The molecule has 6 heteroatoms. The maximum absolute atomic E-state index is 10.3. The topological polar surface area (TPSA) is 47.9 Å². The zero-order valence-electron chi connectivity index (χ0n) is 25.7. The summed E-state index contributed by atoms with van der Waals surface area (Å²) in [6.45, 7) is 26.9. The van der Waals surface area contributed by atoms with Crippen LogP contribution in [0.1, 0.15) is 79.7 Å². The number of aliphatic hydroxyl groups excluding tert-OH is 1. The van der Waals surface area contributed by atoms with E-state index in [9.17, 15) is 5.11 Å². The van der Waals surface area contributed by atoms with Gasteiger partial charge in [-0.2, -0.15) is 0 Å². The van der Waals surface area contributed by atoms with E-state index < -0.39 is 22.7 Å². The van der Waals surface area contributed by atoms with Crippen molar-refractivity contribution in [2.24, 2.45) is 5.92 Å². The van der Waals surface area contributed by atoms with Gasteiger partial charge in [0.05, 0.1) is 19.3 Å². The molecule has 0 unspecified atom stereocenters. The summed E-state index contributed by atoms with van der Waals surface area (Å²) in [7, 11) is -3.64. The number of ether oxygens (including phenoxy) is 1. The summed E-state index contributed by atoms with van der Waals surface area (Å²) in [5.74, 6) is 6.80. The van der Waals surface area contributed by atoms with E-state index in [0.717, 1.165) is 31.4 Å². The standard InChI is InChI=1S/C31H56O4Si2/c1-26(18-15-16-21-28(32)25-33-24-27-19-13-12-14-20-27)29(35-37(10,11)31(5,6)7)22-17-23-34-36(8,9)30(2,3)4/h12-14,19-20,26,28-29,32H,17-18,21-25H2,1-11H3/t26-,28-,29+/m1/s1. The molecule has 0 heterocycles. The highest BCUT2D eigenvalue weighted by Crippen LogP contribution is 2.39. The van der Waals surface area contributed by atoms with Crippen LogP contribution in [0.2, 0.25) is 36.3 Å². The molecule has 212 valence electrons.